The van der Waals surface area contributed by atoms with Crippen molar-refractivity contribution in [2.75, 3.05) is 16.8 Å². The fourth-order valence-corrected chi connectivity index (χ4v) is 4.88. The van der Waals surface area contributed by atoms with Gasteiger partial charge < -0.3 is 10.1 Å². The van der Waals surface area contributed by atoms with Gasteiger partial charge in [-0.3, -0.25) is 4.79 Å². The standard InChI is InChI=1S/C16H22N2O4S/c19-16(12-4-3-9-23(20,21)11-12)18-13-7-8-15(17-10-13)22-14-5-1-2-6-14/h7-8,10,12,14H,1-6,9,11H2,(H,18,19)/t12-/m0/s1. The number of ether oxygens (including phenoxy) is 1. The molecule has 0 aromatic carbocycles. The van der Waals surface area contributed by atoms with Crippen molar-refractivity contribution in [3.63, 3.8) is 0 Å². The monoisotopic (exact) mass is 338 g/mol. The quantitative estimate of drug-likeness (QED) is 0.909. The van der Waals surface area contributed by atoms with E-state index >= 15 is 0 Å². The Morgan fingerprint density at radius 2 is 1.96 bits per heavy atom. The molecule has 1 N–H and O–H groups in total. The first-order valence-corrected chi connectivity index (χ1v) is 9.98. The molecule has 1 aromatic heterocycles. The summed E-state index contributed by atoms with van der Waals surface area (Å²) in [6, 6.07) is 3.48. The van der Waals surface area contributed by atoms with Gasteiger partial charge in [-0.25, -0.2) is 13.4 Å². The van der Waals surface area contributed by atoms with Crippen LogP contribution in [0.15, 0.2) is 18.3 Å². The third-order valence-corrected chi connectivity index (χ3v) is 6.25. The maximum atomic E-state index is 12.2. The number of rotatable bonds is 4. The number of nitrogens with one attached hydrogen (secondary N) is 1. The lowest BCUT2D eigenvalue weighted by molar-refractivity contribution is -0.119. The van der Waals surface area contributed by atoms with E-state index in [1.807, 2.05) is 0 Å². The minimum absolute atomic E-state index is 0.0604. The Bertz CT molecular complexity index is 651. The third kappa shape index (κ3) is 4.43. The van der Waals surface area contributed by atoms with Crippen molar-refractivity contribution >= 4 is 21.4 Å². The fraction of sp³-hybridized carbons (Fsp3) is 0.625. The topological polar surface area (TPSA) is 85.4 Å². The molecule has 1 aliphatic heterocycles. The predicted octanol–water partition coefficient (Wildman–Crippen LogP) is 2.17. The highest BCUT2D eigenvalue weighted by Gasteiger charge is 2.29. The highest BCUT2D eigenvalue weighted by Crippen LogP contribution is 2.24. The summed E-state index contributed by atoms with van der Waals surface area (Å²) in [4.78, 5) is 16.4. The van der Waals surface area contributed by atoms with E-state index in [1.165, 1.54) is 12.8 Å². The summed E-state index contributed by atoms with van der Waals surface area (Å²) in [5, 5.41) is 2.75. The van der Waals surface area contributed by atoms with Crippen LogP contribution in [0.1, 0.15) is 38.5 Å². The maximum Gasteiger partial charge on any atom is 0.228 e. The number of hydrogen-bond donors (Lipinski definition) is 1. The maximum absolute atomic E-state index is 12.2. The van der Waals surface area contributed by atoms with Gasteiger partial charge in [-0.05, 0) is 44.6 Å². The highest BCUT2D eigenvalue weighted by atomic mass is 32.2. The Morgan fingerprint density at radius 3 is 2.61 bits per heavy atom. The summed E-state index contributed by atoms with van der Waals surface area (Å²) in [6.45, 7) is 0. The molecule has 0 spiro atoms. The van der Waals surface area contributed by atoms with Crippen LogP contribution >= 0.6 is 0 Å². The molecule has 6 nitrogen and oxygen atoms in total. The summed E-state index contributed by atoms with van der Waals surface area (Å²) in [5.74, 6) is -0.0291. The fourth-order valence-electron chi connectivity index (χ4n) is 3.17. The van der Waals surface area contributed by atoms with Crippen LogP contribution in [0, 0.1) is 5.92 Å². The number of aromatic nitrogens is 1. The van der Waals surface area contributed by atoms with Gasteiger partial charge in [0.15, 0.2) is 9.84 Å². The van der Waals surface area contributed by atoms with E-state index in [1.54, 1.807) is 18.3 Å². The average Bonchev–Trinajstić information content (AvgIpc) is 3.01. The van der Waals surface area contributed by atoms with Gasteiger partial charge in [0.05, 0.1) is 29.3 Å². The smallest absolute Gasteiger partial charge is 0.228 e. The van der Waals surface area contributed by atoms with Crippen molar-refractivity contribution < 1.29 is 17.9 Å². The van der Waals surface area contributed by atoms with Gasteiger partial charge in [-0.15, -0.1) is 0 Å². The van der Waals surface area contributed by atoms with E-state index in [2.05, 4.69) is 10.3 Å². The Morgan fingerprint density at radius 1 is 1.17 bits per heavy atom. The number of carbonyl (C=O) groups is 1. The molecule has 0 unspecified atom stereocenters. The molecule has 1 aliphatic carbocycles. The van der Waals surface area contributed by atoms with E-state index in [-0.39, 0.29) is 23.5 Å². The SMILES string of the molecule is O=C(Nc1ccc(OC2CCCC2)nc1)[C@H]1CCCS(=O)(=O)C1. The summed E-state index contributed by atoms with van der Waals surface area (Å²) in [5.41, 5.74) is 0.566. The van der Waals surface area contributed by atoms with Crippen LogP contribution in [0.4, 0.5) is 5.69 Å². The number of hydrogen-bond acceptors (Lipinski definition) is 5. The van der Waals surface area contributed by atoms with Crippen molar-refractivity contribution in [3.8, 4) is 5.88 Å². The zero-order valence-corrected chi connectivity index (χ0v) is 13.8. The summed E-state index contributed by atoms with van der Waals surface area (Å²) in [7, 11) is -3.09. The van der Waals surface area contributed by atoms with E-state index in [4.69, 9.17) is 4.74 Å². The Labute approximate surface area is 136 Å². The molecule has 1 saturated heterocycles. The first-order chi connectivity index (χ1) is 11.0. The van der Waals surface area contributed by atoms with Crippen LogP contribution in [-0.2, 0) is 14.6 Å². The normalized spacial score (nSPS) is 24.3. The first kappa shape index (κ1) is 16.2. The first-order valence-electron chi connectivity index (χ1n) is 8.16. The third-order valence-electron chi connectivity index (χ3n) is 4.43. The van der Waals surface area contributed by atoms with Crippen molar-refractivity contribution in [1.29, 1.82) is 0 Å². The van der Waals surface area contributed by atoms with Gasteiger partial charge >= 0.3 is 0 Å². The van der Waals surface area contributed by atoms with E-state index in [9.17, 15) is 13.2 Å². The molecule has 126 valence electrons. The lowest BCUT2D eigenvalue weighted by atomic mass is 10.0. The minimum Gasteiger partial charge on any atom is -0.474 e. The molecule has 1 atom stereocenters. The number of anilines is 1. The predicted molar refractivity (Wildman–Crippen MR) is 87.1 cm³/mol. The van der Waals surface area contributed by atoms with Crippen LogP contribution in [0.5, 0.6) is 5.88 Å². The molecule has 3 rings (SSSR count). The Hall–Kier alpha value is -1.63. The summed E-state index contributed by atoms with van der Waals surface area (Å²) < 4.78 is 29.0. The molecule has 7 heteroatoms. The molecule has 0 radical (unpaired) electrons. The van der Waals surface area contributed by atoms with Gasteiger partial charge in [0.25, 0.3) is 0 Å². The number of amides is 1. The van der Waals surface area contributed by atoms with Crippen molar-refractivity contribution in [1.82, 2.24) is 4.98 Å². The zero-order valence-electron chi connectivity index (χ0n) is 13.0. The van der Waals surface area contributed by atoms with Crippen LogP contribution in [0.25, 0.3) is 0 Å². The van der Waals surface area contributed by atoms with Crippen LogP contribution < -0.4 is 10.1 Å². The lowest BCUT2D eigenvalue weighted by Gasteiger charge is -2.21. The van der Waals surface area contributed by atoms with Gasteiger partial charge in [-0.1, -0.05) is 0 Å². The molecular formula is C16H22N2O4S. The molecule has 0 bridgehead atoms. The zero-order chi connectivity index (χ0) is 16.3. The van der Waals surface area contributed by atoms with Gasteiger partial charge in [-0.2, -0.15) is 0 Å². The van der Waals surface area contributed by atoms with Crippen LogP contribution in [0.2, 0.25) is 0 Å². The summed E-state index contributed by atoms with van der Waals surface area (Å²) >= 11 is 0. The molecule has 2 aliphatic rings. The van der Waals surface area contributed by atoms with Crippen molar-refractivity contribution in [2.45, 2.75) is 44.6 Å². The molecule has 1 aromatic rings. The van der Waals surface area contributed by atoms with Gasteiger partial charge in [0, 0.05) is 6.07 Å². The molecule has 2 fully saturated rings. The molecule has 1 saturated carbocycles. The van der Waals surface area contributed by atoms with Crippen LogP contribution in [-0.4, -0.2) is 36.9 Å². The number of pyridine rings is 1. The second-order valence-corrected chi connectivity index (χ2v) is 8.58. The highest BCUT2D eigenvalue weighted by molar-refractivity contribution is 7.91. The molecule has 23 heavy (non-hydrogen) atoms. The minimum atomic E-state index is -3.09. The second-order valence-electron chi connectivity index (χ2n) is 6.35. The Balaban J connectivity index is 1.56. The average molecular weight is 338 g/mol. The van der Waals surface area contributed by atoms with Gasteiger partial charge in [0.1, 0.15) is 6.10 Å². The number of carbonyl (C=O) groups excluding carboxylic acids is 1. The van der Waals surface area contributed by atoms with E-state index in [0.717, 1.165) is 12.8 Å². The molecule has 1 amide bonds. The van der Waals surface area contributed by atoms with Gasteiger partial charge in [0.2, 0.25) is 11.8 Å². The largest absolute Gasteiger partial charge is 0.474 e. The molecular weight excluding hydrogens is 316 g/mol. The number of nitrogens with zero attached hydrogens (tertiary/aromatic N) is 1. The van der Waals surface area contributed by atoms with E-state index < -0.39 is 15.8 Å². The second kappa shape index (κ2) is 6.86. The van der Waals surface area contributed by atoms with Crippen molar-refractivity contribution in [2.24, 2.45) is 5.92 Å². The van der Waals surface area contributed by atoms with Crippen LogP contribution in [0.3, 0.4) is 0 Å². The number of sulfone groups is 1. The van der Waals surface area contributed by atoms with E-state index in [0.29, 0.717) is 24.4 Å². The lowest BCUT2D eigenvalue weighted by Crippen LogP contribution is -2.34. The Kier molecular flexibility index (Phi) is 4.84. The summed E-state index contributed by atoms with van der Waals surface area (Å²) in [6.07, 6.45) is 7.49. The van der Waals surface area contributed by atoms with Crippen molar-refractivity contribution in [3.05, 3.63) is 18.3 Å². The molecule has 2 heterocycles.